The molecule has 0 aliphatic heterocycles. The number of benzene rings is 1. The van der Waals surface area contributed by atoms with Crippen molar-refractivity contribution in [1.29, 1.82) is 0 Å². The van der Waals surface area contributed by atoms with Crippen LogP contribution < -0.4 is 4.90 Å². The molecule has 0 saturated carbocycles. The number of aromatic amines is 1. The molecule has 1 amide bonds. The summed E-state index contributed by atoms with van der Waals surface area (Å²) in [6.07, 6.45) is 0. The Morgan fingerprint density at radius 1 is 1.45 bits per heavy atom. The number of hydrogen-bond acceptors (Lipinski definition) is 3. The first kappa shape index (κ1) is 14.5. The van der Waals surface area contributed by atoms with Gasteiger partial charge in [0.25, 0.3) is 0 Å². The highest BCUT2D eigenvalue weighted by atomic mass is 16.5. The molecule has 0 aliphatic rings. The largest absolute Gasteiger partial charge is 0.368 e. The summed E-state index contributed by atoms with van der Waals surface area (Å²) < 4.78 is 5.70. The Kier molecular flexibility index (Phi) is 3.81. The van der Waals surface area contributed by atoms with Crippen molar-refractivity contribution in [2.45, 2.75) is 33.3 Å². The standard InChI is InChI=1S/C15H21N3O2/c1-6-20-15(3,4)14-16-12-8-7-11(9-13(12)17-14)18(5)10(2)19/h7-9H,6H2,1-5H3,(H,16,17). The van der Waals surface area contributed by atoms with Crippen LogP contribution in [0.25, 0.3) is 11.0 Å². The summed E-state index contributed by atoms with van der Waals surface area (Å²) in [6, 6.07) is 5.73. The summed E-state index contributed by atoms with van der Waals surface area (Å²) in [7, 11) is 1.75. The van der Waals surface area contributed by atoms with Crippen molar-refractivity contribution in [1.82, 2.24) is 9.97 Å². The first-order valence-corrected chi connectivity index (χ1v) is 6.73. The summed E-state index contributed by atoms with van der Waals surface area (Å²) in [5.74, 6) is 0.788. The van der Waals surface area contributed by atoms with E-state index in [9.17, 15) is 4.79 Å². The minimum Gasteiger partial charge on any atom is -0.368 e. The Labute approximate surface area is 118 Å². The van der Waals surface area contributed by atoms with Gasteiger partial charge < -0.3 is 14.6 Å². The lowest BCUT2D eigenvalue weighted by Crippen LogP contribution is -2.23. The van der Waals surface area contributed by atoms with Gasteiger partial charge in [0.15, 0.2) is 0 Å². The number of carbonyl (C=O) groups is 1. The lowest BCUT2D eigenvalue weighted by Gasteiger charge is -2.21. The number of aromatic nitrogens is 2. The van der Waals surface area contributed by atoms with Gasteiger partial charge >= 0.3 is 0 Å². The highest BCUT2D eigenvalue weighted by molar-refractivity contribution is 5.93. The average Bonchev–Trinajstić information content (AvgIpc) is 2.81. The third-order valence-electron chi connectivity index (χ3n) is 3.40. The molecule has 1 heterocycles. The maximum atomic E-state index is 11.4. The maximum Gasteiger partial charge on any atom is 0.223 e. The molecule has 1 N–H and O–H groups in total. The van der Waals surface area contributed by atoms with Crippen LogP contribution in [-0.4, -0.2) is 29.5 Å². The van der Waals surface area contributed by atoms with Gasteiger partial charge in [0, 0.05) is 26.3 Å². The van der Waals surface area contributed by atoms with E-state index in [2.05, 4.69) is 9.97 Å². The van der Waals surface area contributed by atoms with Crippen molar-refractivity contribution in [3.8, 4) is 0 Å². The fourth-order valence-corrected chi connectivity index (χ4v) is 2.10. The molecule has 0 unspecified atom stereocenters. The number of carbonyl (C=O) groups excluding carboxylic acids is 1. The first-order valence-electron chi connectivity index (χ1n) is 6.73. The normalized spacial score (nSPS) is 11.8. The van der Waals surface area contributed by atoms with Gasteiger partial charge in [-0.25, -0.2) is 4.98 Å². The number of imidazole rings is 1. The smallest absolute Gasteiger partial charge is 0.223 e. The number of anilines is 1. The molecule has 0 bridgehead atoms. The van der Waals surface area contributed by atoms with E-state index < -0.39 is 5.60 Å². The number of amides is 1. The first-order chi connectivity index (χ1) is 9.35. The summed E-state index contributed by atoms with van der Waals surface area (Å²) in [5.41, 5.74) is 2.15. The molecule has 2 aromatic rings. The predicted octanol–water partition coefficient (Wildman–Crippen LogP) is 2.82. The molecule has 5 heteroatoms. The lowest BCUT2D eigenvalue weighted by molar-refractivity contribution is -0.116. The third kappa shape index (κ3) is 2.67. The molecule has 0 saturated heterocycles. The Morgan fingerprint density at radius 3 is 2.75 bits per heavy atom. The van der Waals surface area contributed by atoms with E-state index in [0.717, 1.165) is 22.5 Å². The Hall–Kier alpha value is -1.88. The van der Waals surface area contributed by atoms with Gasteiger partial charge in [0.05, 0.1) is 11.0 Å². The summed E-state index contributed by atoms with van der Waals surface area (Å²) in [5, 5.41) is 0. The van der Waals surface area contributed by atoms with E-state index in [-0.39, 0.29) is 5.91 Å². The number of rotatable bonds is 4. The second kappa shape index (κ2) is 5.25. The van der Waals surface area contributed by atoms with Gasteiger partial charge in [-0.15, -0.1) is 0 Å². The van der Waals surface area contributed by atoms with Gasteiger partial charge in [-0.2, -0.15) is 0 Å². The fraction of sp³-hybridized carbons (Fsp3) is 0.467. The molecule has 0 spiro atoms. The molecule has 5 nitrogen and oxygen atoms in total. The number of nitrogens with one attached hydrogen (secondary N) is 1. The van der Waals surface area contributed by atoms with Crippen LogP contribution in [0.2, 0.25) is 0 Å². The molecule has 1 aromatic carbocycles. The summed E-state index contributed by atoms with van der Waals surface area (Å²) in [4.78, 5) is 20.9. The van der Waals surface area contributed by atoms with Crippen LogP contribution in [0.5, 0.6) is 0 Å². The molecule has 20 heavy (non-hydrogen) atoms. The van der Waals surface area contributed by atoms with Crippen LogP contribution in [0, 0.1) is 0 Å². The SMILES string of the molecule is CCOC(C)(C)c1nc2ccc(N(C)C(C)=O)cc2[nH]1. The van der Waals surface area contributed by atoms with Crippen LogP contribution in [0.1, 0.15) is 33.5 Å². The van der Waals surface area contributed by atoms with Crippen LogP contribution in [0.4, 0.5) is 5.69 Å². The van der Waals surface area contributed by atoms with E-state index in [4.69, 9.17) is 4.74 Å². The quantitative estimate of drug-likeness (QED) is 0.933. The van der Waals surface area contributed by atoms with Crippen molar-refractivity contribution in [3.63, 3.8) is 0 Å². The minimum atomic E-state index is -0.458. The maximum absolute atomic E-state index is 11.4. The van der Waals surface area contributed by atoms with Gasteiger partial charge in [-0.05, 0) is 39.0 Å². The zero-order valence-corrected chi connectivity index (χ0v) is 12.7. The molecular formula is C15H21N3O2. The van der Waals surface area contributed by atoms with Gasteiger partial charge in [0.1, 0.15) is 11.4 Å². The number of ether oxygens (including phenoxy) is 1. The Bertz CT molecular complexity index is 631. The number of hydrogen-bond donors (Lipinski definition) is 1. The Morgan fingerprint density at radius 2 is 2.15 bits per heavy atom. The number of fused-ring (bicyclic) bond motifs is 1. The number of nitrogens with zero attached hydrogens (tertiary/aromatic N) is 2. The van der Waals surface area contributed by atoms with Gasteiger partial charge in [0.2, 0.25) is 5.91 Å². The van der Waals surface area contributed by atoms with E-state index in [1.807, 2.05) is 39.0 Å². The third-order valence-corrected chi connectivity index (χ3v) is 3.40. The molecule has 0 radical (unpaired) electrons. The van der Waals surface area contributed by atoms with Crippen LogP contribution >= 0.6 is 0 Å². The molecule has 2 rings (SSSR count). The second-order valence-corrected chi connectivity index (χ2v) is 5.31. The van der Waals surface area contributed by atoms with Crippen molar-refractivity contribution in [2.75, 3.05) is 18.6 Å². The van der Waals surface area contributed by atoms with Crippen LogP contribution in [-0.2, 0) is 15.1 Å². The van der Waals surface area contributed by atoms with Gasteiger partial charge in [-0.1, -0.05) is 0 Å². The van der Waals surface area contributed by atoms with E-state index >= 15 is 0 Å². The molecule has 1 aromatic heterocycles. The summed E-state index contributed by atoms with van der Waals surface area (Å²) in [6.45, 7) is 8.10. The highest BCUT2D eigenvalue weighted by Gasteiger charge is 2.24. The van der Waals surface area contributed by atoms with Crippen molar-refractivity contribution in [2.24, 2.45) is 0 Å². The van der Waals surface area contributed by atoms with E-state index in [1.54, 1.807) is 18.9 Å². The minimum absolute atomic E-state index is 0.00117. The van der Waals surface area contributed by atoms with Gasteiger partial charge in [-0.3, -0.25) is 4.79 Å². The Balaban J connectivity index is 2.42. The molecule has 0 fully saturated rings. The fourth-order valence-electron chi connectivity index (χ4n) is 2.10. The monoisotopic (exact) mass is 275 g/mol. The highest BCUT2D eigenvalue weighted by Crippen LogP contribution is 2.26. The van der Waals surface area contributed by atoms with Crippen molar-refractivity contribution >= 4 is 22.6 Å². The lowest BCUT2D eigenvalue weighted by atomic mass is 10.1. The molecular weight excluding hydrogens is 254 g/mol. The van der Waals surface area contributed by atoms with E-state index in [1.165, 1.54) is 0 Å². The second-order valence-electron chi connectivity index (χ2n) is 5.31. The molecule has 0 aliphatic carbocycles. The van der Waals surface area contributed by atoms with Crippen molar-refractivity contribution in [3.05, 3.63) is 24.0 Å². The molecule has 0 atom stereocenters. The van der Waals surface area contributed by atoms with Crippen LogP contribution in [0.15, 0.2) is 18.2 Å². The zero-order chi connectivity index (χ0) is 14.9. The zero-order valence-electron chi connectivity index (χ0n) is 12.7. The predicted molar refractivity (Wildman–Crippen MR) is 79.8 cm³/mol. The average molecular weight is 275 g/mol. The van der Waals surface area contributed by atoms with Crippen LogP contribution in [0.3, 0.4) is 0 Å². The van der Waals surface area contributed by atoms with Crippen molar-refractivity contribution < 1.29 is 9.53 Å². The number of H-pyrrole nitrogens is 1. The summed E-state index contributed by atoms with van der Waals surface area (Å²) >= 11 is 0. The molecule has 108 valence electrons. The van der Waals surface area contributed by atoms with E-state index in [0.29, 0.717) is 6.61 Å². The topological polar surface area (TPSA) is 58.2 Å².